The van der Waals surface area contributed by atoms with Gasteiger partial charge in [-0.3, -0.25) is 14.2 Å². The van der Waals surface area contributed by atoms with Crippen LogP contribution in [-0.2, 0) is 17.9 Å². The first-order chi connectivity index (χ1) is 12.3. The zero-order valence-electron chi connectivity index (χ0n) is 14.1. The summed E-state index contributed by atoms with van der Waals surface area (Å²) in [5.41, 5.74) is 2.14. The number of aromatic nitrogens is 4. The molecule has 0 aliphatic heterocycles. The van der Waals surface area contributed by atoms with Gasteiger partial charge < -0.3 is 5.32 Å². The van der Waals surface area contributed by atoms with Crippen LogP contribution >= 0.6 is 23.2 Å². The molecule has 9 heteroatoms. The van der Waals surface area contributed by atoms with Gasteiger partial charge in [0, 0.05) is 17.3 Å². The standard InChI is InChI=1S/C17H16Cl2FN5O/c1-10-17(19)11(2)25(22-10)9-16(26)21-15-5-6-24(23-15)8-12-3-4-13(20)7-14(12)18/h3-7H,8-9H2,1-2H3,(H,21,23,26). The molecule has 2 aromatic heterocycles. The molecule has 0 fully saturated rings. The van der Waals surface area contributed by atoms with E-state index >= 15 is 0 Å². The van der Waals surface area contributed by atoms with E-state index in [1.54, 1.807) is 41.5 Å². The lowest BCUT2D eigenvalue weighted by Crippen LogP contribution is -2.20. The van der Waals surface area contributed by atoms with Crippen LogP contribution in [0.2, 0.25) is 10.0 Å². The van der Waals surface area contributed by atoms with Gasteiger partial charge in [-0.15, -0.1) is 0 Å². The molecule has 2 heterocycles. The maximum atomic E-state index is 13.1. The molecule has 3 rings (SSSR count). The average Bonchev–Trinajstić information content (AvgIpc) is 3.10. The Hall–Kier alpha value is -2.38. The van der Waals surface area contributed by atoms with Crippen molar-refractivity contribution in [3.8, 4) is 0 Å². The van der Waals surface area contributed by atoms with Gasteiger partial charge in [-0.1, -0.05) is 29.3 Å². The molecular weight excluding hydrogens is 380 g/mol. The summed E-state index contributed by atoms with van der Waals surface area (Å²) in [6, 6.07) is 5.86. The quantitative estimate of drug-likeness (QED) is 0.713. The smallest absolute Gasteiger partial charge is 0.247 e. The zero-order chi connectivity index (χ0) is 18.8. The molecule has 1 amide bonds. The van der Waals surface area contributed by atoms with Crippen LogP contribution in [0, 0.1) is 19.7 Å². The predicted molar refractivity (Wildman–Crippen MR) is 98.1 cm³/mol. The summed E-state index contributed by atoms with van der Waals surface area (Å²) >= 11 is 12.1. The Morgan fingerprint density at radius 3 is 2.65 bits per heavy atom. The number of benzene rings is 1. The molecule has 0 saturated heterocycles. The average molecular weight is 396 g/mol. The zero-order valence-corrected chi connectivity index (χ0v) is 15.6. The van der Waals surface area contributed by atoms with E-state index in [2.05, 4.69) is 15.5 Å². The normalized spacial score (nSPS) is 11.0. The predicted octanol–water partition coefficient (Wildman–Crippen LogP) is 3.83. The highest BCUT2D eigenvalue weighted by Crippen LogP contribution is 2.20. The highest BCUT2D eigenvalue weighted by molar-refractivity contribution is 6.32. The van der Waals surface area contributed by atoms with Crippen molar-refractivity contribution >= 4 is 34.9 Å². The van der Waals surface area contributed by atoms with Gasteiger partial charge in [-0.25, -0.2) is 4.39 Å². The van der Waals surface area contributed by atoms with Gasteiger partial charge in [-0.2, -0.15) is 10.2 Å². The number of carbonyl (C=O) groups is 1. The number of anilines is 1. The van der Waals surface area contributed by atoms with Gasteiger partial charge in [0.1, 0.15) is 12.4 Å². The highest BCUT2D eigenvalue weighted by Gasteiger charge is 2.13. The maximum absolute atomic E-state index is 13.1. The van der Waals surface area contributed by atoms with E-state index in [1.165, 1.54) is 12.1 Å². The third-order valence-corrected chi connectivity index (χ3v) is 4.74. The molecule has 6 nitrogen and oxygen atoms in total. The van der Waals surface area contributed by atoms with Crippen LogP contribution in [0.3, 0.4) is 0 Å². The molecule has 0 atom stereocenters. The van der Waals surface area contributed by atoms with E-state index in [9.17, 15) is 9.18 Å². The fourth-order valence-electron chi connectivity index (χ4n) is 2.49. The van der Waals surface area contributed by atoms with E-state index in [0.29, 0.717) is 28.1 Å². The van der Waals surface area contributed by atoms with Crippen LogP contribution in [0.25, 0.3) is 0 Å². The summed E-state index contributed by atoms with van der Waals surface area (Å²) in [4.78, 5) is 12.2. The molecule has 0 spiro atoms. The van der Waals surface area contributed by atoms with Gasteiger partial charge in [-0.05, 0) is 31.5 Å². The fourth-order valence-corrected chi connectivity index (χ4v) is 2.85. The number of carbonyl (C=O) groups excluding carboxylic acids is 1. The lowest BCUT2D eigenvalue weighted by molar-refractivity contribution is -0.117. The van der Waals surface area contributed by atoms with E-state index in [-0.39, 0.29) is 12.5 Å². The van der Waals surface area contributed by atoms with Gasteiger partial charge in [0.2, 0.25) is 5.91 Å². The summed E-state index contributed by atoms with van der Waals surface area (Å²) in [7, 11) is 0. The summed E-state index contributed by atoms with van der Waals surface area (Å²) in [5, 5.41) is 12.1. The number of rotatable bonds is 5. The molecular formula is C17H16Cl2FN5O. The molecule has 3 aromatic rings. The second kappa shape index (κ2) is 7.47. The summed E-state index contributed by atoms with van der Waals surface area (Å²) in [5.74, 6) is -0.255. The molecule has 1 aromatic carbocycles. The second-order valence-electron chi connectivity index (χ2n) is 5.82. The van der Waals surface area contributed by atoms with Gasteiger partial charge in [0.15, 0.2) is 5.82 Å². The van der Waals surface area contributed by atoms with E-state index in [1.807, 2.05) is 0 Å². The van der Waals surface area contributed by atoms with Crippen LogP contribution in [0.15, 0.2) is 30.5 Å². The van der Waals surface area contributed by atoms with E-state index in [4.69, 9.17) is 23.2 Å². The molecule has 0 aliphatic carbocycles. The van der Waals surface area contributed by atoms with Crippen molar-refractivity contribution in [1.29, 1.82) is 0 Å². The molecule has 1 N–H and O–H groups in total. The first kappa shape index (κ1) is 18.4. The van der Waals surface area contributed by atoms with E-state index < -0.39 is 5.82 Å². The minimum absolute atomic E-state index is 0.0377. The number of amides is 1. The van der Waals surface area contributed by atoms with Gasteiger partial charge >= 0.3 is 0 Å². The Morgan fingerprint density at radius 2 is 2.00 bits per heavy atom. The number of halogens is 3. The maximum Gasteiger partial charge on any atom is 0.247 e. The number of hydrogen-bond acceptors (Lipinski definition) is 3. The van der Waals surface area contributed by atoms with Crippen molar-refractivity contribution < 1.29 is 9.18 Å². The fraction of sp³-hybridized carbons (Fsp3) is 0.235. The first-order valence-corrected chi connectivity index (χ1v) is 8.56. The lowest BCUT2D eigenvalue weighted by atomic mass is 10.2. The Morgan fingerprint density at radius 1 is 1.23 bits per heavy atom. The molecule has 0 bridgehead atoms. The minimum atomic E-state index is -0.392. The largest absolute Gasteiger partial charge is 0.308 e. The molecule has 0 unspecified atom stereocenters. The summed E-state index contributed by atoms with van der Waals surface area (Å²) < 4.78 is 16.2. The van der Waals surface area contributed by atoms with Crippen molar-refractivity contribution in [3.05, 3.63) is 63.3 Å². The van der Waals surface area contributed by atoms with Gasteiger partial charge in [0.05, 0.1) is 23.0 Å². The second-order valence-corrected chi connectivity index (χ2v) is 6.61. The number of hydrogen-bond donors (Lipinski definition) is 1. The van der Waals surface area contributed by atoms with Crippen LogP contribution in [0.4, 0.5) is 10.2 Å². The molecule has 26 heavy (non-hydrogen) atoms. The van der Waals surface area contributed by atoms with Crippen molar-refractivity contribution in [2.45, 2.75) is 26.9 Å². The summed E-state index contributed by atoms with van der Waals surface area (Å²) in [6.45, 7) is 3.99. The van der Waals surface area contributed by atoms with E-state index in [0.717, 1.165) is 11.3 Å². The van der Waals surface area contributed by atoms with Crippen molar-refractivity contribution in [2.75, 3.05) is 5.32 Å². The topological polar surface area (TPSA) is 64.7 Å². The monoisotopic (exact) mass is 395 g/mol. The molecule has 0 saturated carbocycles. The Labute approximate surface area is 159 Å². The minimum Gasteiger partial charge on any atom is -0.308 e. The first-order valence-electron chi connectivity index (χ1n) is 7.80. The lowest BCUT2D eigenvalue weighted by Gasteiger charge is -2.06. The van der Waals surface area contributed by atoms with Crippen molar-refractivity contribution in [3.63, 3.8) is 0 Å². The Balaban J connectivity index is 1.64. The number of aryl methyl sites for hydroxylation is 1. The third-order valence-electron chi connectivity index (χ3n) is 3.84. The Kier molecular flexibility index (Phi) is 5.29. The molecule has 0 aliphatic rings. The Bertz CT molecular complexity index is 966. The van der Waals surface area contributed by atoms with Crippen molar-refractivity contribution in [2.24, 2.45) is 0 Å². The van der Waals surface area contributed by atoms with Crippen LogP contribution in [-0.4, -0.2) is 25.5 Å². The summed E-state index contributed by atoms with van der Waals surface area (Å²) in [6.07, 6.45) is 1.70. The van der Waals surface area contributed by atoms with Crippen LogP contribution in [0.1, 0.15) is 17.0 Å². The number of nitrogens with one attached hydrogen (secondary N) is 1. The van der Waals surface area contributed by atoms with Gasteiger partial charge in [0.25, 0.3) is 0 Å². The third kappa shape index (κ3) is 4.05. The van der Waals surface area contributed by atoms with Crippen LogP contribution in [0.5, 0.6) is 0 Å². The molecule has 136 valence electrons. The van der Waals surface area contributed by atoms with Crippen molar-refractivity contribution in [1.82, 2.24) is 19.6 Å². The van der Waals surface area contributed by atoms with Crippen LogP contribution < -0.4 is 5.32 Å². The SMILES string of the molecule is Cc1nn(CC(=O)Nc2ccn(Cc3ccc(F)cc3Cl)n2)c(C)c1Cl. The highest BCUT2D eigenvalue weighted by atomic mass is 35.5. The number of nitrogens with zero attached hydrogens (tertiary/aromatic N) is 4. The molecule has 0 radical (unpaired) electrons.